The molecular weight excluding hydrogens is 342 g/mol. The van der Waals surface area contributed by atoms with Crippen molar-refractivity contribution >= 4 is 23.5 Å². The number of ether oxygens (including phenoxy) is 1. The molecule has 1 aliphatic heterocycles. The second-order valence-electron chi connectivity index (χ2n) is 7.40. The third-order valence-corrected chi connectivity index (χ3v) is 4.24. The van der Waals surface area contributed by atoms with Crippen molar-refractivity contribution in [2.24, 2.45) is 5.92 Å². The second-order valence-corrected chi connectivity index (χ2v) is 7.79. The highest BCUT2D eigenvalue weighted by molar-refractivity contribution is 6.29. The lowest BCUT2D eigenvalue weighted by atomic mass is 10.00. The smallest absolute Gasteiger partial charge is 0.410 e. The van der Waals surface area contributed by atoms with Gasteiger partial charge in [-0.1, -0.05) is 18.5 Å². The molecule has 25 heavy (non-hydrogen) atoms. The molecule has 1 aliphatic rings. The first kappa shape index (κ1) is 19.7. The maximum atomic E-state index is 12.5. The molecular formula is C18H26ClN3O3. The molecule has 1 fully saturated rings. The summed E-state index contributed by atoms with van der Waals surface area (Å²) in [6.45, 7) is 10.8. The van der Waals surface area contributed by atoms with E-state index in [1.807, 2.05) is 27.7 Å². The molecule has 138 valence electrons. The van der Waals surface area contributed by atoms with Crippen molar-refractivity contribution in [3.05, 3.63) is 29.0 Å². The number of hydrogen-bond donors (Lipinski definition) is 0. The molecule has 1 amide bonds. The molecule has 2 heterocycles. The predicted octanol–water partition coefficient (Wildman–Crippen LogP) is 3.11. The summed E-state index contributed by atoms with van der Waals surface area (Å²) < 4.78 is 5.40. The minimum absolute atomic E-state index is 0.0544. The number of aromatic nitrogens is 1. The minimum atomic E-state index is -0.484. The number of pyridine rings is 1. The van der Waals surface area contributed by atoms with E-state index in [0.717, 1.165) is 13.1 Å². The molecule has 0 aliphatic carbocycles. The van der Waals surface area contributed by atoms with Gasteiger partial charge in [0.15, 0.2) is 5.78 Å². The van der Waals surface area contributed by atoms with Gasteiger partial charge < -0.3 is 9.64 Å². The van der Waals surface area contributed by atoms with Gasteiger partial charge in [-0.05, 0) is 32.9 Å². The average molecular weight is 368 g/mol. The number of ketones is 1. The Bertz CT molecular complexity index is 605. The number of nitrogens with zero attached hydrogens (tertiary/aromatic N) is 3. The number of carbonyl (C=O) groups excluding carboxylic acids is 2. The van der Waals surface area contributed by atoms with Gasteiger partial charge in [-0.2, -0.15) is 0 Å². The summed E-state index contributed by atoms with van der Waals surface area (Å²) in [7, 11) is 0. The Kier molecular flexibility index (Phi) is 6.41. The monoisotopic (exact) mass is 367 g/mol. The van der Waals surface area contributed by atoms with Crippen molar-refractivity contribution in [3.63, 3.8) is 0 Å². The molecule has 0 saturated carbocycles. The first-order valence-corrected chi connectivity index (χ1v) is 8.89. The lowest BCUT2D eigenvalue weighted by molar-refractivity contribution is 0.0134. The molecule has 1 aromatic heterocycles. The van der Waals surface area contributed by atoms with Crippen LogP contribution in [-0.2, 0) is 4.74 Å². The van der Waals surface area contributed by atoms with Gasteiger partial charge in [0.2, 0.25) is 0 Å². The van der Waals surface area contributed by atoms with Gasteiger partial charge >= 0.3 is 6.09 Å². The van der Waals surface area contributed by atoms with Gasteiger partial charge in [-0.3, -0.25) is 9.69 Å². The van der Waals surface area contributed by atoms with Crippen LogP contribution in [0, 0.1) is 5.92 Å². The quantitative estimate of drug-likeness (QED) is 0.604. The molecule has 1 saturated heterocycles. The third kappa shape index (κ3) is 5.97. The number of halogens is 1. The molecule has 0 unspecified atom stereocenters. The number of hydrogen-bond acceptors (Lipinski definition) is 5. The van der Waals surface area contributed by atoms with Crippen LogP contribution in [0.4, 0.5) is 4.79 Å². The normalized spacial score (nSPS) is 17.2. The molecule has 0 aromatic carbocycles. The largest absolute Gasteiger partial charge is 0.444 e. The Morgan fingerprint density at radius 1 is 1.24 bits per heavy atom. The Morgan fingerprint density at radius 2 is 1.88 bits per heavy atom. The van der Waals surface area contributed by atoms with E-state index in [9.17, 15) is 9.59 Å². The highest BCUT2D eigenvalue weighted by Gasteiger charge is 2.27. The number of Topliss-reactive ketones (excluding diaryl/α,β-unsaturated/α-hetero) is 1. The zero-order chi connectivity index (χ0) is 18.6. The summed E-state index contributed by atoms with van der Waals surface area (Å²) in [4.78, 5) is 32.4. The number of carbonyl (C=O) groups is 2. The molecule has 6 nitrogen and oxygen atoms in total. The van der Waals surface area contributed by atoms with Gasteiger partial charge in [0.1, 0.15) is 10.8 Å². The Hall–Kier alpha value is -1.66. The summed E-state index contributed by atoms with van der Waals surface area (Å²) in [5.74, 6) is -0.0882. The molecule has 1 atom stereocenters. The van der Waals surface area contributed by atoms with Crippen LogP contribution in [0.1, 0.15) is 38.1 Å². The third-order valence-electron chi connectivity index (χ3n) is 4.02. The summed E-state index contributed by atoms with van der Waals surface area (Å²) in [6, 6.07) is 3.33. The topological polar surface area (TPSA) is 62.7 Å². The van der Waals surface area contributed by atoms with Gasteiger partial charge in [0, 0.05) is 50.4 Å². The van der Waals surface area contributed by atoms with Gasteiger partial charge in [0.05, 0.1) is 0 Å². The highest BCUT2D eigenvalue weighted by atomic mass is 35.5. The summed E-state index contributed by atoms with van der Waals surface area (Å²) in [5.41, 5.74) is 0.0891. The molecule has 0 N–H and O–H groups in total. The van der Waals surface area contributed by atoms with Gasteiger partial charge in [0.25, 0.3) is 0 Å². The fourth-order valence-electron chi connectivity index (χ4n) is 2.72. The van der Waals surface area contributed by atoms with Crippen molar-refractivity contribution < 1.29 is 14.3 Å². The van der Waals surface area contributed by atoms with Crippen LogP contribution >= 0.6 is 11.6 Å². The molecule has 2 rings (SSSR count). The van der Waals surface area contributed by atoms with E-state index >= 15 is 0 Å². The number of rotatable bonds is 4. The van der Waals surface area contributed by atoms with Crippen molar-refractivity contribution in [1.82, 2.24) is 14.8 Å². The first-order chi connectivity index (χ1) is 11.7. The van der Waals surface area contributed by atoms with Crippen molar-refractivity contribution in [1.29, 1.82) is 0 Å². The fourth-order valence-corrected chi connectivity index (χ4v) is 2.83. The van der Waals surface area contributed by atoms with E-state index in [4.69, 9.17) is 16.3 Å². The number of piperazine rings is 1. The van der Waals surface area contributed by atoms with E-state index < -0.39 is 5.60 Å². The van der Waals surface area contributed by atoms with Crippen LogP contribution in [0.3, 0.4) is 0 Å². The van der Waals surface area contributed by atoms with Crippen LogP contribution in [0.25, 0.3) is 0 Å². The molecule has 1 aromatic rings. The zero-order valence-electron chi connectivity index (χ0n) is 15.3. The molecule has 0 spiro atoms. The Labute approximate surface area is 154 Å². The molecule has 0 bridgehead atoms. The van der Waals surface area contributed by atoms with Gasteiger partial charge in [-0.25, -0.2) is 9.78 Å². The van der Waals surface area contributed by atoms with E-state index in [0.29, 0.717) is 30.4 Å². The van der Waals surface area contributed by atoms with Crippen LogP contribution in [0.2, 0.25) is 5.15 Å². The van der Waals surface area contributed by atoms with Crippen molar-refractivity contribution in [3.8, 4) is 0 Å². The van der Waals surface area contributed by atoms with E-state index in [1.54, 1.807) is 17.0 Å². The van der Waals surface area contributed by atoms with Crippen molar-refractivity contribution in [2.75, 3.05) is 32.7 Å². The van der Waals surface area contributed by atoms with Crippen LogP contribution in [0.5, 0.6) is 0 Å². The maximum absolute atomic E-state index is 12.5. The first-order valence-electron chi connectivity index (χ1n) is 8.52. The standard InChI is InChI=1S/C18H26ClN3O3/c1-13(16(23)14-5-6-15(19)20-11-14)12-21-7-9-22(10-8-21)17(24)25-18(2,3)4/h5-6,11,13H,7-10,12H2,1-4H3/t13-/m1/s1. The van der Waals surface area contributed by atoms with Crippen LogP contribution < -0.4 is 0 Å². The summed E-state index contributed by atoms with van der Waals surface area (Å²) >= 11 is 5.76. The zero-order valence-corrected chi connectivity index (χ0v) is 16.0. The Balaban J connectivity index is 1.82. The summed E-state index contributed by atoms with van der Waals surface area (Å²) in [6.07, 6.45) is 1.24. The van der Waals surface area contributed by atoms with Gasteiger partial charge in [-0.15, -0.1) is 0 Å². The highest BCUT2D eigenvalue weighted by Crippen LogP contribution is 2.15. The minimum Gasteiger partial charge on any atom is -0.444 e. The number of amides is 1. The van der Waals surface area contributed by atoms with E-state index in [1.165, 1.54) is 6.20 Å². The maximum Gasteiger partial charge on any atom is 0.410 e. The van der Waals surface area contributed by atoms with Crippen LogP contribution in [0.15, 0.2) is 18.3 Å². The fraction of sp³-hybridized carbons (Fsp3) is 0.611. The lowest BCUT2D eigenvalue weighted by Gasteiger charge is -2.36. The Morgan fingerprint density at radius 3 is 2.40 bits per heavy atom. The second kappa shape index (κ2) is 8.15. The van der Waals surface area contributed by atoms with E-state index in [-0.39, 0.29) is 17.8 Å². The predicted molar refractivity (Wildman–Crippen MR) is 97.0 cm³/mol. The SMILES string of the molecule is C[C@H](CN1CCN(C(=O)OC(C)(C)C)CC1)C(=O)c1ccc(Cl)nc1. The molecule has 7 heteroatoms. The van der Waals surface area contributed by atoms with E-state index in [2.05, 4.69) is 9.88 Å². The van der Waals surface area contributed by atoms with Crippen molar-refractivity contribution in [2.45, 2.75) is 33.3 Å². The summed E-state index contributed by atoms with van der Waals surface area (Å²) in [5, 5.41) is 0.377. The molecule has 0 radical (unpaired) electrons. The lowest BCUT2D eigenvalue weighted by Crippen LogP contribution is -2.51. The van der Waals surface area contributed by atoms with Crippen LogP contribution in [-0.4, -0.2) is 65.0 Å². The average Bonchev–Trinajstić information content (AvgIpc) is 2.54.